The van der Waals surface area contributed by atoms with Crippen molar-refractivity contribution in [2.24, 2.45) is 11.3 Å². The van der Waals surface area contributed by atoms with Gasteiger partial charge in [0.2, 0.25) is 5.91 Å². The monoisotopic (exact) mass is 259 g/mol. The van der Waals surface area contributed by atoms with Crippen molar-refractivity contribution < 1.29 is 4.79 Å². The summed E-state index contributed by atoms with van der Waals surface area (Å²) in [5, 5.41) is 0. The van der Waals surface area contributed by atoms with Crippen molar-refractivity contribution in [2.75, 3.05) is 19.0 Å². The normalized spacial score (nSPS) is 22.7. The highest BCUT2D eigenvalue weighted by molar-refractivity contribution is 6.18. The maximum Gasteiger partial charge on any atom is 0.226 e. The van der Waals surface area contributed by atoms with Crippen LogP contribution in [0.4, 0.5) is 0 Å². The first-order chi connectivity index (χ1) is 8.03. The van der Waals surface area contributed by atoms with E-state index in [0.29, 0.717) is 18.3 Å². The topological polar surface area (TPSA) is 20.3 Å². The standard InChI is InChI=1S/C14H26ClNO/c1-4-5-10-16(11-9-15)13(17)12-7-6-8-14(12,2)3/h12H,4-11H2,1-3H3. The summed E-state index contributed by atoms with van der Waals surface area (Å²) in [6, 6.07) is 0. The van der Waals surface area contributed by atoms with Crippen LogP contribution in [0.1, 0.15) is 52.9 Å². The van der Waals surface area contributed by atoms with Gasteiger partial charge in [0.25, 0.3) is 0 Å². The second-order valence-corrected chi connectivity index (χ2v) is 6.18. The maximum absolute atomic E-state index is 12.5. The molecule has 0 spiro atoms. The molecule has 0 bridgehead atoms. The number of unbranched alkanes of at least 4 members (excludes halogenated alkanes) is 1. The molecule has 1 amide bonds. The van der Waals surface area contributed by atoms with E-state index in [1.54, 1.807) is 0 Å². The summed E-state index contributed by atoms with van der Waals surface area (Å²) in [5.41, 5.74) is 0.174. The Morgan fingerprint density at radius 3 is 2.59 bits per heavy atom. The summed E-state index contributed by atoms with van der Waals surface area (Å²) in [7, 11) is 0. The molecule has 3 heteroatoms. The van der Waals surface area contributed by atoms with E-state index in [4.69, 9.17) is 11.6 Å². The van der Waals surface area contributed by atoms with Gasteiger partial charge in [-0.1, -0.05) is 33.6 Å². The average Bonchev–Trinajstić information content (AvgIpc) is 2.63. The molecule has 0 radical (unpaired) electrons. The average molecular weight is 260 g/mol. The van der Waals surface area contributed by atoms with Gasteiger partial charge in [-0.3, -0.25) is 4.79 Å². The minimum atomic E-state index is 0.174. The summed E-state index contributed by atoms with van der Waals surface area (Å²) in [6.45, 7) is 8.17. The van der Waals surface area contributed by atoms with Crippen LogP contribution >= 0.6 is 11.6 Å². The van der Waals surface area contributed by atoms with Gasteiger partial charge in [0.1, 0.15) is 0 Å². The van der Waals surface area contributed by atoms with Crippen LogP contribution in [0.5, 0.6) is 0 Å². The number of hydrogen-bond acceptors (Lipinski definition) is 1. The van der Waals surface area contributed by atoms with Gasteiger partial charge in [0, 0.05) is 24.9 Å². The van der Waals surface area contributed by atoms with Crippen LogP contribution in [-0.4, -0.2) is 29.8 Å². The number of alkyl halides is 1. The molecule has 1 atom stereocenters. The van der Waals surface area contributed by atoms with Gasteiger partial charge in [0.15, 0.2) is 0 Å². The van der Waals surface area contributed by atoms with Crippen molar-refractivity contribution in [2.45, 2.75) is 52.9 Å². The first-order valence-corrected chi connectivity index (χ1v) is 7.41. The molecular weight excluding hydrogens is 234 g/mol. The van der Waals surface area contributed by atoms with Gasteiger partial charge in [-0.25, -0.2) is 0 Å². The zero-order chi connectivity index (χ0) is 12.9. The van der Waals surface area contributed by atoms with E-state index < -0.39 is 0 Å². The molecule has 0 aromatic carbocycles. The fourth-order valence-electron chi connectivity index (χ4n) is 2.79. The van der Waals surface area contributed by atoms with Crippen LogP contribution in [0.2, 0.25) is 0 Å². The first kappa shape index (κ1) is 14.8. The van der Waals surface area contributed by atoms with Crippen LogP contribution in [0.15, 0.2) is 0 Å². The third-order valence-corrected chi connectivity index (χ3v) is 4.17. The molecule has 0 saturated heterocycles. The van der Waals surface area contributed by atoms with Crippen molar-refractivity contribution in [3.8, 4) is 0 Å². The molecule has 1 aliphatic rings. The third kappa shape index (κ3) is 3.87. The molecule has 0 aliphatic heterocycles. The highest BCUT2D eigenvalue weighted by Crippen LogP contribution is 2.43. The number of carbonyl (C=O) groups excluding carboxylic acids is 1. The molecule has 100 valence electrons. The van der Waals surface area contributed by atoms with Gasteiger partial charge in [-0.15, -0.1) is 11.6 Å². The van der Waals surface area contributed by atoms with Crippen LogP contribution in [0, 0.1) is 11.3 Å². The van der Waals surface area contributed by atoms with Gasteiger partial charge >= 0.3 is 0 Å². The van der Waals surface area contributed by atoms with Gasteiger partial charge < -0.3 is 4.90 Å². The van der Waals surface area contributed by atoms with Crippen molar-refractivity contribution in [1.82, 2.24) is 4.90 Å². The summed E-state index contributed by atoms with van der Waals surface area (Å²) >= 11 is 5.80. The molecule has 1 fully saturated rings. The zero-order valence-electron chi connectivity index (χ0n) is 11.5. The summed E-state index contributed by atoms with van der Waals surface area (Å²) in [5.74, 6) is 1.09. The van der Waals surface area contributed by atoms with E-state index in [2.05, 4.69) is 20.8 Å². The lowest BCUT2D eigenvalue weighted by Gasteiger charge is -2.31. The maximum atomic E-state index is 12.5. The van der Waals surface area contributed by atoms with E-state index in [-0.39, 0.29) is 11.3 Å². The Balaban J connectivity index is 2.63. The quantitative estimate of drug-likeness (QED) is 0.667. The van der Waals surface area contributed by atoms with Crippen LogP contribution in [0.3, 0.4) is 0 Å². The third-order valence-electron chi connectivity index (χ3n) is 4.00. The van der Waals surface area contributed by atoms with E-state index in [1.165, 1.54) is 12.8 Å². The van der Waals surface area contributed by atoms with Crippen LogP contribution < -0.4 is 0 Å². The minimum absolute atomic E-state index is 0.174. The van der Waals surface area contributed by atoms with Crippen molar-refractivity contribution in [3.63, 3.8) is 0 Å². The Morgan fingerprint density at radius 2 is 2.12 bits per heavy atom. The Bertz CT molecular complexity index is 253. The molecule has 0 heterocycles. The predicted molar refractivity (Wildman–Crippen MR) is 73.3 cm³/mol. The smallest absolute Gasteiger partial charge is 0.226 e. The highest BCUT2D eigenvalue weighted by Gasteiger charge is 2.40. The Morgan fingerprint density at radius 1 is 1.41 bits per heavy atom. The molecule has 0 N–H and O–H groups in total. The molecular formula is C14H26ClNO. The largest absolute Gasteiger partial charge is 0.341 e. The molecule has 0 aromatic rings. The van der Waals surface area contributed by atoms with E-state index in [0.717, 1.165) is 25.8 Å². The van der Waals surface area contributed by atoms with Crippen LogP contribution in [0.25, 0.3) is 0 Å². The van der Waals surface area contributed by atoms with Gasteiger partial charge in [-0.2, -0.15) is 0 Å². The number of halogens is 1. The molecule has 1 aliphatic carbocycles. The van der Waals surface area contributed by atoms with Gasteiger partial charge in [-0.05, 0) is 24.7 Å². The van der Waals surface area contributed by atoms with Crippen molar-refractivity contribution in [3.05, 3.63) is 0 Å². The van der Waals surface area contributed by atoms with Crippen molar-refractivity contribution in [1.29, 1.82) is 0 Å². The Hall–Kier alpha value is -0.240. The lowest BCUT2D eigenvalue weighted by atomic mass is 9.81. The fraction of sp³-hybridized carbons (Fsp3) is 0.929. The van der Waals surface area contributed by atoms with E-state index in [9.17, 15) is 4.79 Å². The zero-order valence-corrected chi connectivity index (χ0v) is 12.2. The predicted octanol–water partition coefficient (Wildman–Crippen LogP) is 3.68. The van der Waals surface area contributed by atoms with Crippen molar-refractivity contribution >= 4 is 17.5 Å². The number of rotatable bonds is 6. The second kappa shape index (κ2) is 6.63. The summed E-state index contributed by atoms with van der Waals surface area (Å²) in [6.07, 6.45) is 5.62. The molecule has 17 heavy (non-hydrogen) atoms. The Kier molecular flexibility index (Phi) is 5.78. The number of amides is 1. The summed E-state index contributed by atoms with van der Waals surface area (Å²) in [4.78, 5) is 14.5. The lowest BCUT2D eigenvalue weighted by Crippen LogP contribution is -2.41. The highest BCUT2D eigenvalue weighted by atomic mass is 35.5. The molecule has 2 nitrogen and oxygen atoms in total. The van der Waals surface area contributed by atoms with E-state index >= 15 is 0 Å². The summed E-state index contributed by atoms with van der Waals surface area (Å²) < 4.78 is 0. The molecule has 1 saturated carbocycles. The molecule has 1 unspecified atom stereocenters. The first-order valence-electron chi connectivity index (χ1n) is 6.87. The van der Waals surface area contributed by atoms with E-state index in [1.807, 2.05) is 4.90 Å². The number of carbonyl (C=O) groups is 1. The minimum Gasteiger partial charge on any atom is -0.341 e. The van der Waals surface area contributed by atoms with Crippen LogP contribution in [-0.2, 0) is 4.79 Å². The number of nitrogens with zero attached hydrogens (tertiary/aromatic N) is 1. The Labute approximate surface area is 111 Å². The second-order valence-electron chi connectivity index (χ2n) is 5.80. The molecule has 0 aromatic heterocycles. The number of hydrogen-bond donors (Lipinski definition) is 0. The molecule has 1 rings (SSSR count). The fourth-order valence-corrected chi connectivity index (χ4v) is 2.99. The van der Waals surface area contributed by atoms with Gasteiger partial charge in [0.05, 0.1) is 0 Å². The lowest BCUT2D eigenvalue weighted by molar-refractivity contribution is -0.138. The SMILES string of the molecule is CCCCN(CCCl)C(=O)C1CCCC1(C)C.